The Labute approximate surface area is 192 Å². The van der Waals surface area contributed by atoms with Gasteiger partial charge in [0.05, 0.1) is 18.7 Å². The van der Waals surface area contributed by atoms with Gasteiger partial charge in [0.15, 0.2) is 11.6 Å². The first-order valence-corrected chi connectivity index (χ1v) is 11.3. The molecular formula is C24H29N5O4. The number of benzene rings is 1. The van der Waals surface area contributed by atoms with Crippen molar-refractivity contribution < 1.29 is 19.4 Å². The van der Waals surface area contributed by atoms with Gasteiger partial charge < -0.3 is 20.1 Å². The van der Waals surface area contributed by atoms with E-state index in [2.05, 4.69) is 15.6 Å². The van der Waals surface area contributed by atoms with Crippen LogP contribution in [0.15, 0.2) is 42.7 Å². The van der Waals surface area contributed by atoms with Crippen LogP contribution in [0, 0.1) is 0 Å². The number of carbonyl (C=O) groups excluding carboxylic acids is 2. The molecule has 3 amide bonds. The number of amides is 3. The number of rotatable bonds is 5. The number of aromatic hydroxyl groups is 1. The fourth-order valence-corrected chi connectivity index (χ4v) is 3.95. The number of fused-ring (bicyclic) bond motifs is 1. The zero-order valence-corrected chi connectivity index (χ0v) is 18.9. The van der Waals surface area contributed by atoms with Gasteiger partial charge in [0, 0.05) is 42.5 Å². The molecule has 0 radical (unpaired) electrons. The van der Waals surface area contributed by atoms with Crippen molar-refractivity contribution in [3.05, 3.63) is 42.7 Å². The van der Waals surface area contributed by atoms with E-state index in [0.717, 1.165) is 29.3 Å². The highest BCUT2D eigenvalue weighted by atomic mass is 16.5. The van der Waals surface area contributed by atoms with E-state index in [1.807, 2.05) is 38.1 Å². The molecule has 9 heteroatoms. The number of nitrogens with one attached hydrogen (secondary N) is 2. The smallest absolute Gasteiger partial charge is 0.326 e. The Morgan fingerprint density at radius 1 is 1.12 bits per heavy atom. The molecule has 9 nitrogen and oxygen atoms in total. The maximum Gasteiger partial charge on any atom is 0.326 e. The molecule has 0 saturated carbocycles. The normalized spacial score (nSPS) is 14.0. The van der Waals surface area contributed by atoms with Gasteiger partial charge in [-0.3, -0.25) is 9.88 Å². The number of anilines is 1. The number of hydrogen-bond donors (Lipinski definition) is 3. The van der Waals surface area contributed by atoms with Gasteiger partial charge in [-0.15, -0.1) is 0 Å². The van der Waals surface area contributed by atoms with E-state index in [4.69, 9.17) is 4.74 Å². The standard InChI is InChI=1S/C24H29N5O4/c1-3-18(4-2)26-24(32)29-10-8-17-15-16(5-6-20(17)29)19-7-9-25-22(21(19)30)27-23(31)28-11-13-33-14-12-28/h5-10,15,18,30H,3-4,11-14H2,1-2H3,(H,26,32)(H,25,27,31). The van der Waals surface area contributed by atoms with Crippen molar-refractivity contribution in [2.75, 3.05) is 31.6 Å². The molecule has 2 aromatic heterocycles. The van der Waals surface area contributed by atoms with E-state index in [-0.39, 0.29) is 29.7 Å². The van der Waals surface area contributed by atoms with Gasteiger partial charge in [-0.2, -0.15) is 0 Å². The van der Waals surface area contributed by atoms with Crippen LogP contribution in [0.25, 0.3) is 22.0 Å². The van der Waals surface area contributed by atoms with Gasteiger partial charge in [0.1, 0.15) is 0 Å². The average Bonchev–Trinajstić information content (AvgIpc) is 3.27. The first-order chi connectivity index (χ1) is 16.0. The van der Waals surface area contributed by atoms with Crippen molar-refractivity contribution in [3.8, 4) is 16.9 Å². The second-order valence-electron chi connectivity index (χ2n) is 8.01. The number of ether oxygens (including phenoxy) is 1. The van der Waals surface area contributed by atoms with Crippen LogP contribution in [-0.2, 0) is 4.74 Å². The van der Waals surface area contributed by atoms with E-state index in [1.165, 1.54) is 0 Å². The summed E-state index contributed by atoms with van der Waals surface area (Å²) < 4.78 is 6.86. The predicted octanol–water partition coefficient (Wildman–Crippen LogP) is 4.02. The van der Waals surface area contributed by atoms with E-state index in [0.29, 0.717) is 31.9 Å². The van der Waals surface area contributed by atoms with Crippen LogP contribution in [0.1, 0.15) is 26.7 Å². The van der Waals surface area contributed by atoms with Gasteiger partial charge in [-0.05, 0) is 42.7 Å². The molecular weight excluding hydrogens is 422 g/mol. The van der Waals surface area contributed by atoms with Crippen LogP contribution in [0.4, 0.5) is 15.4 Å². The van der Waals surface area contributed by atoms with Crippen molar-refractivity contribution in [3.63, 3.8) is 0 Å². The molecule has 3 aromatic rings. The van der Waals surface area contributed by atoms with Crippen LogP contribution in [-0.4, -0.2) is 64.0 Å². The third-order valence-electron chi connectivity index (χ3n) is 5.98. The second-order valence-corrected chi connectivity index (χ2v) is 8.01. The lowest BCUT2D eigenvalue weighted by molar-refractivity contribution is 0.0564. The zero-order chi connectivity index (χ0) is 23.4. The Balaban J connectivity index is 1.57. The molecule has 174 valence electrons. The Morgan fingerprint density at radius 3 is 2.61 bits per heavy atom. The molecule has 1 fully saturated rings. The minimum absolute atomic E-state index is 0.103. The summed E-state index contributed by atoms with van der Waals surface area (Å²) in [5, 5.41) is 17.4. The number of pyridine rings is 1. The van der Waals surface area contributed by atoms with E-state index in [9.17, 15) is 14.7 Å². The van der Waals surface area contributed by atoms with Crippen molar-refractivity contribution in [1.82, 2.24) is 19.8 Å². The summed E-state index contributed by atoms with van der Waals surface area (Å²) in [7, 11) is 0. The van der Waals surface area contributed by atoms with E-state index >= 15 is 0 Å². The topological polar surface area (TPSA) is 109 Å². The van der Waals surface area contributed by atoms with E-state index < -0.39 is 0 Å². The number of nitrogens with zero attached hydrogens (tertiary/aromatic N) is 3. The lowest BCUT2D eigenvalue weighted by Crippen LogP contribution is -2.43. The largest absolute Gasteiger partial charge is 0.504 e. The number of urea groups is 1. The summed E-state index contributed by atoms with van der Waals surface area (Å²) in [6.07, 6.45) is 5.03. The number of morpholine rings is 1. The molecule has 1 aromatic carbocycles. The minimum atomic E-state index is -0.325. The summed E-state index contributed by atoms with van der Waals surface area (Å²) in [5.74, 6) is -0.00409. The van der Waals surface area contributed by atoms with Gasteiger partial charge in [0.2, 0.25) is 0 Å². The molecule has 0 spiro atoms. The van der Waals surface area contributed by atoms with Crippen LogP contribution < -0.4 is 10.6 Å². The number of carbonyl (C=O) groups is 2. The van der Waals surface area contributed by atoms with Gasteiger partial charge in [-0.25, -0.2) is 14.6 Å². The number of hydrogen-bond acceptors (Lipinski definition) is 5. The minimum Gasteiger partial charge on any atom is -0.504 e. The highest BCUT2D eigenvalue weighted by molar-refractivity contribution is 5.95. The lowest BCUT2D eigenvalue weighted by atomic mass is 10.0. The monoisotopic (exact) mass is 451 g/mol. The summed E-state index contributed by atoms with van der Waals surface area (Å²) in [6, 6.07) is 8.80. The lowest BCUT2D eigenvalue weighted by Gasteiger charge is -2.26. The first kappa shape index (κ1) is 22.6. The molecule has 0 unspecified atom stereocenters. The molecule has 33 heavy (non-hydrogen) atoms. The molecule has 0 atom stereocenters. The van der Waals surface area contributed by atoms with Gasteiger partial charge >= 0.3 is 12.1 Å². The molecule has 3 N–H and O–H groups in total. The summed E-state index contributed by atoms with van der Waals surface area (Å²) in [6.45, 7) is 6.06. The summed E-state index contributed by atoms with van der Waals surface area (Å²) in [4.78, 5) is 30.9. The molecule has 1 aliphatic heterocycles. The number of aromatic nitrogens is 2. The maximum atomic E-state index is 12.7. The first-order valence-electron chi connectivity index (χ1n) is 11.3. The quantitative estimate of drug-likeness (QED) is 0.543. The Bertz CT molecular complexity index is 1150. The Kier molecular flexibility index (Phi) is 6.79. The molecule has 0 bridgehead atoms. The van der Waals surface area contributed by atoms with Crippen LogP contribution in [0.5, 0.6) is 5.75 Å². The van der Waals surface area contributed by atoms with Crippen molar-refractivity contribution in [2.45, 2.75) is 32.7 Å². The molecule has 4 rings (SSSR count). The second kappa shape index (κ2) is 9.91. The van der Waals surface area contributed by atoms with E-state index in [1.54, 1.807) is 27.9 Å². The van der Waals surface area contributed by atoms with Crippen molar-refractivity contribution >= 4 is 28.8 Å². The van der Waals surface area contributed by atoms with Crippen LogP contribution >= 0.6 is 0 Å². The Hall–Kier alpha value is -3.59. The third-order valence-corrected chi connectivity index (χ3v) is 5.98. The molecule has 1 aliphatic rings. The summed E-state index contributed by atoms with van der Waals surface area (Å²) in [5.41, 5.74) is 2.07. The molecule has 1 saturated heterocycles. The molecule has 0 aliphatic carbocycles. The molecule has 3 heterocycles. The van der Waals surface area contributed by atoms with Crippen LogP contribution in [0.3, 0.4) is 0 Å². The fourth-order valence-electron chi connectivity index (χ4n) is 3.95. The third kappa shape index (κ3) is 4.78. The highest BCUT2D eigenvalue weighted by Crippen LogP contribution is 2.35. The Morgan fingerprint density at radius 2 is 1.88 bits per heavy atom. The van der Waals surface area contributed by atoms with Crippen molar-refractivity contribution in [2.24, 2.45) is 0 Å². The van der Waals surface area contributed by atoms with Gasteiger partial charge in [-0.1, -0.05) is 19.9 Å². The fraction of sp³-hybridized carbons (Fsp3) is 0.375. The summed E-state index contributed by atoms with van der Waals surface area (Å²) >= 11 is 0. The van der Waals surface area contributed by atoms with Gasteiger partial charge in [0.25, 0.3) is 0 Å². The van der Waals surface area contributed by atoms with Crippen LogP contribution in [0.2, 0.25) is 0 Å². The zero-order valence-electron chi connectivity index (χ0n) is 18.9. The predicted molar refractivity (Wildman–Crippen MR) is 127 cm³/mol. The SMILES string of the molecule is CCC(CC)NC(=O)n1ccc2cc(-c3ccnc(NC(=O)N4CCOCC4)c3O)ccc21. The average molecular weight is 452 g/mol. The maximum absolute atomic E-state index is 12.7. The van der Waals surface area contributed by atoms with Crippen molar-refractivity contribution in [1.29, 1.82) is 0 Å². The highest BCUT2D eigenvalue weighted by Gasteiger charge is 2.20.